The molecule has 5 rings (SSSR count). The van der Waals surface area contributed by atoms with E-state index in [0.29, 0.717) is 30.1 Å². The summed E-state index contributed by atoms with van der Waals surface area (Å²) < 4.78 is 1.94. The molecule has 0 spiro atoms. The van der Waals surface area contributed by atoms with Gasteiger partial charge in [0.1, 0.15) is 5.82 Å². The van der Waals surface area contributed by atoms with Gasteiger partial charge in [-0.1, -0.05) is 18.2 Å². The van der Waals surface area contributed by atoms with Crippen molar-refractivity contribution < 1.29 is 9.59 Å². The molecule has 0 unspecified atom stereocenters. The summed E-state index contributed by atoms with van der Waals surface area (Å²) in [5.74, 6) is 2.36. The predicted octanol–water partition coefficient (Wildman–Crippen LogP) is 1.57. The Bertz CT molecular complexity index is 858. The third-order valence-corrected chi connectivity index (χ3v) is 5.74. The third-order valence-electron chi connectivity index (χ3n) is 5.74. The maximum Gasteiger partial charge on any atom is 0.293 e. The van der Waals surface area contributed by atoms with E-state index in [2.05, 4.69) is 15.5 Å². The van der Waals surface area contributed by atoms with Crippen LogP contribution in [0, 0.1) is 17.8 Å². The van der Waals surface area contributed by atoms with Crippen molar-refractivity contribution in [1.29, 1.82) is 0 Å². The highest BCUT2D eigenvalue weighted by molar-refractivity contribution is 6.01. The normalized spacial score (nSPS) is 24.1. The average molecular weight is 351 g/mol. The highest BCUT2D eigenvalue weighted by atomic mass is 16.2. The number of benzene rings is 1. The van der Waals surface area contributed by atoms with Gasteiger partial charge in [0, 0.05) is 37.7 Å². The third kappa shape index (κ3) is 2.67. The molecule has 26 heavy (non-hydrogen) atoms. The molecule has 7 nitrogen and oxygen atoms in total. The SMILES string of the molecule is O=C(Nc1ccccc1)c1nnc2n1C[C@@H]1CN(C(=O)C3CC3)C[C@@H]1C2. The molecule has 0 radical (unpaired) electrons. The monoisotopic (exact) mass is 351 g/mol. The van der Waals surface area contributed by atoms with E-state index in [-0.39, 0.29) is 11.8 Å². The minimum Gasteiger partial charge on any atom is -0.342 e. The lowest BCUT2D eigenvalue weighted by Gasteiger charge is -2.25. The zero-order valence-electron chi connectivity index (χ0n) is 14.5. The number of nitrogens with one attached hydrogen (secondary N) is 1. The first-order valence-corrected chi connectivity index (χ1v) is 9.26. The minimum absolute atomic E-state index is 0.239. The second-order valence-electron chi connectivity index (χ2n) is 7.61. The molecule has 1 saturated heterocycles. The molecule has 1 N–H and O–H groups in total. The maximum atomic E-state index is 12.6. The van der Waals surface area contributed by atoms with E-state index in [1.54, 1.807) is 0 Å². The molecule has 2 atom stereocenters. The molecule has 2 aliphatic heterocycles. The number of para-hydroxylation sites is 1. The van der Waals surface area contributed by atoms with Crippen LogP contribution in [-0.2, 0) is 17.8 Å². The second kappa shape index (κ2) is 5.93. The van der Waals surface area contributed by atoms with Gasteiger partial charge in [-0.3, -0.25) is 9.59 Å². The highest BCUT2D eigenvalue weighted by Gasteiger charge is 2.43. The van der Waals surface area contributed by atoms with Crippen molar-refractivity contribution in [2.24, 2.45) is 17.8 Å². The molecule has 1 aromatic heterocycles. The zero-order chi connectivity index (χ0) is 17.7. The molecule has 1 saturated carbocycles. The lowest BCUT2D eigenvalue weighted by Crippen LogP contribution is -2.31. The second-order valence-corrected chi connectivity index (χ2v) is 7.61. The van der Waals surface area contributed by atoms with Gasteiger partial charge in [-0.2, -0.15) is 0 Å². The number of carbonyl (C=O) groups is 2. The molecule has 2 aromatic rings. The number of aromatic nitrogens is 3. The molecular weight excluding hydrogens is 330 g/mol. The molecule has 134 valence electrons. The van der Waals surface area contributed by atoms with Crippen molar-refractivity contribution in [2.45, 2.75) is 25.8 Å². The van der Waals surface area contributed by atoms with E-state index in [1.165, 1.54) is 0 Å². The Morgan fingerprint density at radius 3 is 2.54 bits per heavy atom. The number of rotatable bonds is 3. The van der Waals surface area contributed by atoms with Crippen molar-refractivity contribution in [1.82, 2.24) is 19.7 Å². The lowest BCUT2D eigenvalue weighted by atomic mass is 9.89. The number of carbonyl (C=O) groups excluding carboxylic acids is 2. The van der Waals surface area contributed by atoms with E-state index >= 15 is 0 Å². The van der Waals surface area contributed by atoms with Crippen molar-refractivity contribution in [3.8, 4) is 0 Å². The van der Waals surface area contributed by atoms with Crippen LogP contribution < -0.4 is 5.32 Å². The number of amides is 2. The Balaban J connectivity index is 1.32. The molecule has 2 fully saturated rings. The van der Waals surface area contributed by atoms with Crippen molar-refractivity contribution in [2.75, 3.05) is 18.4 Å². The van der Waals surface area contributed by atoms with E-state index in [9.17, 15) is 9.59 Å². The molecule has 3 heterocycles. The molecule has 2 amide bonds. The van der Waals surface area contributed by atoms with E-state index in [0.717, 1.165) is 43.9 Å². The van der Waals surface area contributed by atoms with Gasteiger partial charge in [0.2, 0.25) is 11.7 Å². The molecule has 1 aliphatic carbocycles. The Labute approximate surface area is 151 Å². The summed E-state index contributed by atoms with van der Waals surface area (Å²) in [6.07, 6.45) is 2.87. The number of anilines is 1. The molecular formula is C19H21N5O2. The smallest absolute Gasteiger partial charge is 0.293 e. The fourth-order valence-electron chi connectivity index (χ4n) is 4.17. The van der Waals surface area contributed by atoms with Crippen molar-refractivity contribution in [3.05, 3.63) is 42.0 Å². The van der Waals surface area contributed by atoms with Crippen LogP contribution in [-0.4, -0.2) is 44.6 Å². The van der Waals surface area contributed by atoms with Gasteiger partial charge in [0.05, 0.1) is 0 Å². The Kier molecular flexibility index (Phi) is 3.55. The maximum absolute atomic E-state index is 12.6. The summed E-state index contributed by atoms with van der Waals surface area (Å²) in [5.41, 5.74) is 0.741. The highest BCUT2D eigenvalue weighted by Crippen LogP contribution is 2.37. The fraction of sp³-hybridized carbons (Fsp3) is 0.474. The predicted molar refractivity (Wildman–Crippen MR) is 94.4 cm³/mol. The summed E-state index contributed by atoms with van der Waals surface area (Å²) >= 11 is 0. The van der Waals surface area contributed by atoms with Crippen LogP contribution in [0.1, 0.15) is 29.3 Å². The van der Waals surface area contributed by atoms with Crippen LogP contribution in [0.3, 0.4) is 0 Å². The van der Waals surface area contributed by atoms with Crippen LogP contribution in [0.4, 0.5) is 5.69 Å². The number of likely N-dealkylation sites (tertiary alicyclic amines) is 1. The van der Waals surface area contributed by atoms with Crippen LogP contribution in [0.5, 0.6) is 0 Å². The first kappa shape index (κ1) is 15.5. The molecule has 7 heteroatoms. The minimum atomic E-state index is -0.239. The zero-order valence-corrected chi connectivity index (χ0v) is 14.5. The van der Waals surface area contributed by atoms with Gasteiger partial charge in [0.25, 0.3) is 5.91 Å². The van der Waals surface area contributed by atoms with Gasteiger partial charge >= 0.3 is 0 Å². The summed E-state index contributed by atoms with van der Waals surface area (Å²) in [5, 5.41) is 11.3. The largest absolute Gasteiger partial charge is 0.342 e. The van der Waals surface area contributed by atoms with Crippen LogP contribution >= 0.6 is 0 Å². The number of hydrogen-bond donors (Lipinski definition) is 1. The Hall–Kier alpha value is -2.70. The fourth-order valence-corrected chi connectivity index (χ4v) is 4.17. The summed E-state index contributed by atoms with van der Waals surface area (Å²) in [6.45, 7) is 2.31. The Morgan fingerprint density at radius 2 is 1.77 bits per heavy atom. The molecule has 3 aliphatic rings. The standard InChI is InChI=1S/C19H21N5O2/c25-18(20-15-4-2-1-3-5-15)17-22-21-16-8-13-9-23(19(26)12-6-7-12)10-14(13)11-24(16)17/h1-5,12-14H,6-11H2,(H,20,25)/t13-,14-/m0/s1. The van der Waals surface area contributed by atoms with E-state index < -0.39 is 0 Å². The van der Waals surface area contributed by atoms with Gasteiger partial charge in [0.15, 0.2) is 0 Å². The van der Waals surface area contributed by atoms with Crippen LogP contribution in [0.15, 0.2) is 30.3 Å². The summed E-state index contributed by atoms with van der Waals surface area (Å²) in [6, 6.07) is 9.36. The van der Waals surface area contributed by atoms with E-state index in [4.69, 9.17) is 0 Å². The van der Waals surface area contributed by atoms with Crippen molar-refractivity contribution >= 4 is 17.5 Å². The number of hydrogen-bond acceptors (Lipinski definition) is 4. The quantitative estimate of drug-likeness (QED) is 0.910. The van der Waals surface area contributed by atoms with Gasteiger partial charge in [-0.05, 0) is 36.8 Å². The molecule has 1 aromatic carbocycles. The first-order valence-electron chi connectivity index (χ1n) is 9.26. The lowest BCUT2D eigenvalue weighted by molar-refractivity contribution is -0.131. The van der Waals surface area contributed by atoms with Crippen LogP contribution in [0.2, 0.25) is 0 Å². The van der Waals surface area contributed by atoms with Gasteiger partial charge in [-0.15, -0.1) is 10.2 Å². The topological polar surface area (TPSA) is 80.1 Å². The number of fused-ring (bicyclic) bond motifs is 2. The van der Waals surface area contributed by atoms with E-state index in [1.807, 2.05) is 39.8 Å². The Morgan fingerprint density at radius 1 is 1.00 bits per heavy atom. The van der Waals surface area contributed by atoms with Crippen molar-refractivity contribution in [3.63, 3.8) is 0 Å². The summed E-state index contributed by atoms with van der Waals surface area (Å²) in [7, 11) is 0. The number of nitrogens with zero attached hydrogens (tertiary/aromatic N) is 4. The van der Waals surface area contributed by atoms with Gasteiger partial charge < -0.3 is 14.8 Å². The summed E-state index contributed by atoms with van der Waals surface area (Å²) in [4.78, 5) is 27.0. The molecule has 0 bridgehead atoms. The first-order chi connectivity index (χ1) is 12.7. The average Bonchev–Trinajstić information content (AvgIpc) is 3.29. The van der Waals surface area contributed by atoms with Gasteiger partial charge in [-0.25, -0.2) is 0 Å². The van der Waals surface area contributed by atoms with Crippen LogP contribution in [0.25, 0.3) is 0 Å².